The standard InChI is InChI=1S/C29H38N4O7/c1-4-39-24-13-12-20(17-25(24)38-3)9-7-14-31-29(37)22-18-26(34)32-19(2)27(35)30-15-8-16-40-23-11-6-5-10-21(23)28(36)33-22/h5-6,10-13,17,19,22H,4,7-9,14-16,18H2,1-3H3,(H,30,35)(H,31,37)(H,32,34)(H,33,36)/t19-,22-/m0/s1. The SMILES string of the molecule is CCOc1ccc(CCCNC(=O)[C@@H]2CC(=O)N[C@@H](C)C(=O)NCCCOc3ccccc3C(=O)N2)cc1OC. The summed E-state index contributed by atoms with van der Waals surface area (Å²) in [5.41, 5.74) is 1.26. The van der Waals surface area contributed by atoms with E-state index in [1.807, 2.05) is 25.1 Å². The lowest BCUT2D eigenvalue weighted by atomic mass is 10.1. The van der Waals surface area contributed by atoms with Crippen molar-refractivity contribution in [2.75, 3.05) is 33.4 Å². The van der Waals surface area contributed by atoms with Gasteiger partial charge in [-0.2, -0.15) is 0 Å². The monoisotopic (exact) mass is 554 g/mol. The van der Waals surface area contributed by atoms with Crippen LogP contribution >= 0.6 is 0 Å². The summed E-state index contributed by atoms with van der Waals surface area (Å²) in [4.78, 5) is 51.3. The highest BCUT2D eigenvalue weighted by Crippen LogP contribution is 2.28. The molecule has 216 valence electrons. The van der Waals surface area contributed by atoms with Gasteiger partial charge in [0.1, 0.15) is 17.8 Å². The van der Waals surface area contributed by atoms with Gasteiger partial charge in [0.2, 0.25) is 17.7 Å². The van der Waals surface area contributed by atoms with Crippen LogP contribution < -0.4 is 35.5 Å². The van der Waals surface area contributed by atoms with Gasteiger partial charge in [0, 0.05) is 13.1 Å². The summed E-state index contributed by atoms with van der Waals surface area (Å²) < 4.78 is 16.7. The van der Waals surface area contributed by atoms with Gasteiger partial charge < -0.3 is 35.5 Å². The second kappa shape index (κ2) is 15.3. The number of hydrogen-bond acceptors (Lipinski definition) is 7. The number of rotatable bonds is 8. The first-order chi connectivity index (χ1) is 19.3. The molecule has 4 amide bonds. The normalized spacial score (nSPS) is 18.4. The Morgan fingerprint density at radius 3 is 2.67 bits per heavy atom. The number of carbonyl (C=O) groups excluding carboxylic acids is 4. The van der Waals surface area contributed by atoms with E-state index in [-0.39, 0.29) is 24.5 Å². The molecule has 0 aromatic heterocycles. The first-order valence-corrected chi connectivity index (χ1v) is 13.5. The van der Waals surface area contributed by atoms with E-state index in [9.17, 15) is 19.2 Å². The average molecular weight is 555 g/mol. The fraction of sp³-hybridized carbons (Fsp3) is 0.448. The van der Waals surface area contributed by atoms with E-state index in [4.69, 9.17) is 14.2 Å². The van der Waals surface area contributed by atoms with Crippen molar-refractivity contribution in [1.82, 2.24) is 21.3 Å². The molecule has 1 aliphatic heterocycles. The van der Waals surface area contributed by atoms with Crippen LogP contribution in [0.25, 0.3) is 0 Å². The van der Waals surface area contributed by atoms with Crippen LogP contribution in [-0.2, 0) is 20.8 Å². The van der Waals surface area contributed by atoms with Crippen molar-refractivity contribution >= 4 is 23.6 Å². The molecular weight excluding hydrogens is 516 g/mol. The molecular formula is C29H38N4O7. The number of benzene rings is 2. The Labute approximate surface area is 234 Å². The number of nitrogens with one attached hydrogen (secondary N) is 4. The number of ether oxygens (including phenoxy) is 3. The molecule has 1 heterocycles. The molecule has 0 radical (unpaired) electrons. The van der Waals surface area contributed by atoms with Gasteiger partial charge in [-0.1, -0.05) is 18.2 Å². The minimum atomic E-state index is -1.16. The van der Waals surface area contributed by atoms with Crippen LogP contribution in [-0.4, -0.2) is 69.1 Å². The number of carbonyl (C=O) groups is 4. The van der Waals surface area contributed by atoms with Crippen LogP contribution in [0.3, 0.4) is 0 Å². The molecule has 3 rings (SSSR count). The molecule has 0 aliphatic carbocycles. The van der Waals surface area contributed by atoms with Crippen molar-refractivity contribution in [3.8, 4) is 17.2 Å². The van der Waals surface area contributed by atoms with Gasteiger partial charge in [0.25, 0.3) is 5.91 Å². The van der Waals surface area contributed by atoms with Crippen LogP contribution in [0.5, 0.6) is 17.2 Å². The summed E-state index contributed by atoms with van der Waals surface area (Å²) in [6.45, 7) is 4.93. The molecule has 0 saturated carbocycles. The number of methoxy groups -OCH3 is 1. The number of amides is 4. The lowest BCUT2D eigenvalue weighted by molar-refractivity contribution is -0.130. The fourth-order valence-electron chi connectivity index (χ4n) is 4.17. The Hall–Kier alpha value is -4.28. The summed E-state index contributed by atoms with van der Waals surface area (Å²) in [5, 5.41) is 10.8. The summed E-state index contributed by atoms with van der Waals surface area (Å²) in [6.07, 6.45) is 1.45. The Bertz CT molecular complexity index is 1190. The predicted molar refractivity (Wildman–Crippen MR) is 149 cm³/mol. The third-order valence-corrected chi connectivity index (χ3v) is 6.26. The summed E-state index contributed by atoms with van der Waals surface area (Å²) >= 11 is 0. The zero-order chi connectivity index (χ0) is 28.9. The Morgan fingerprint density at radius 1 is 1.10 bits per heavy atom. The number of aryl methyl sites for hydroxylation is 1. The van der Waals surface area contributed by atoms with E-state index < -0.39 is 29.8 Å². The van der Waals surface area contributed by atoms with Crippen LogP contribution in [0, 0.1) is 0 Å². The minimum Gasteiger partial charge on any atom is -0.493 e. The third-order valence-electron chi connectivity index (χ3n) is 6.26. The van der Waals surface area contributed by atoms with Crippen LogP contribution in [0.4, 0.5) is 0 Å². The largest absolute Gasteiger partial charge is 0.493 e. The van der Waals surface area contributed by atoms with Gasteiger partial charge >= 0.3 is 0 Å². The number of hydrogen-bond donors (Lipinski definition) is 4. The minimum absolute atomic E-state index is 0.248. The molecule has 2 aromatic rings. The van der Waals surface area contributed by atoms with E-state index in [1.54, 1.807) is 38.3 Å². The van der Waals surface area contributed by atoms with Gasteiger partial charge in [0.15, 0.2) is 11.5 Å². The lowest BCUT2D eigenvalue weighted by Crippen LogP contribution is -2.51. The van der Waals surface area contributed by atoms with Crippen molar-refractivity contribution in [3.63, 3.8) is 0 Å². The molecule has 0 spiro atoms. The second-order valence-electron chi connectivity index (χ2n) is 9.32. The maximum Gasteiger partial charge on any atom is 0.255 e. The lowest BCUT2D eigenvalue weighted by Gasteiger charge is -2.20. The predicted octanol–water partition coefficient (Wildman–Crippen LogP) is 1.73. The van der Waals surface area contributed by atoms with Gasteiger partial charge in [-0.3, -0.25) is 19.2 Å². The first kappa shape index (κ1) is 30.3. The molecule has 1 aliphatic rings. The van der Waals surface area contributed by atoms with Crippen molar-refractivity contribution in [3.05, 3.63) is 53.6 Å². The summed E-state index contributed by atoms with van der Waals surface area (Å²) in [5.74, 6) is -0.277. The summed E-state index contributed by atoms with van der Waals surface area (Å²) in [6, 6.07) is 10.4. The summed E-state index contributed by atoms with van der Waals surface area (Å²) in [7, 11) is 1.58. The maximum absolute atomic E-state index is 13.1. The van der Waals surface area contributed by atoms with E-state index in [1.165, 1.54) is 0 Å². The second-order valence-corrected chi connectivity index (χ2v) is 9.32. The van der Waals surface area contributed by atoms with E-state index in [2.05, 4.69) is 21.3 Å². The van der Waals surface area contributed by atoms with E-state index in [0.717, 1.165) is 5.56 Å². The molecule has 2 atom stereocenters. The molecule has 11 nitrogen and oxygen atoms in total. The highest BCUT2D eigenvalue weighted by Gasteiger charge is 2.27. The van der Waals surface area contributed by atoms with Crippen molar-refractivity contribution < 1.29 is 33.4 Å². The Kier molecular flexibility index (Phi) is 11.6. The number of para-hydroxylation sites is 1. The van der Waals surface area contributed by atoms with Gasteiger partial charge in [-0.15, -0.1) is 0 Å². The molecule has 0 unspecified atom stereocenters. The molecule has 0 bridgehead atoms. The molecule has 4 N–H and O–H groups in total. The zero-order valence-electron chi connectivity index (χ0n) is 23.2. The van der Waals surface area contributed by atoms with Crippen LogP contribution in [0.2, 0.25) is 0 Å². The van der Waals surface area contributed by atoms with Gasteiger partial charge in [-0.05, 0) is 62.9 Å². The van der Waals surface area contributed by atoms with E-state index >= 15 is 0 Å². The molecule has 2 aromatic carbocycles. The zero-order valence-corrected chi connectivity index (χ0v) is 23.2. The quantitative estimate of drug-likeness (QED) is 0.364. The highest BCUT2D eigenvalue weighted by molar-refractivity contribution is 6.01. The smallest absolute Gasteiger partial charge is 0.255 e. The van der Waals surface area contributed by atoms with Gasteiger partial charge in [0.05, 0.1) is 32.3 Å². The average Bonchev–Trinajstić information content (AvgIpc) is 2.95. The molecule has 11 heteroatoms. The maximum atomic E-state index is 13.1. The topological polar surface area (TPSA) is 144 Å². The van der Waals surface area contributed by atoms with Crippen molar-refractivity contribution in [2.24, 2.45) is 0 Å². The fourth-order valence-corrected chi connectivity index (χ4v) is 4.17. The first-order valence-electron chi connectivity index (χ1n) is 13.5. The Morgan fingerprint density at radius 2 is 1.90 bits per heavy atom. The Balaban J connectivity index is 1.67. The van der Waals surface area contributed by atoms with Crippen molar-refractivity contribution in [1.29, 1.82) is 0 Å². The van der Waals surface area contributed by atoms with E-state index in [0.29, 0.717) is 56.2 Å². The molecule has 0 saturated heterocycles. The van der Waals surface area contributed by atoms with Crippen LogP contribution in [0.1, 0.15) is 49.0 Å². The van der Waals surface area contributed by atoms with Crippen LogP contribution in [0.15, 0.2) is 42.5 Å². The molecule has 40 heavy (non-hydrogen) atoms. The van der Waals surface area contributed by atoms with Crippen molar-refractivity contribution in [2.45, 2.75) is 51.6 Å². The molecule has 0 fully saturated rings. The third kappa shape index (κ3) is 8.89. The number of fused-ring (bicyclic) bond motifs is 1. The highest BCUT2D eigenvalue weighted by atomic mass is 16.5. The van der Waals surface area contributed by atoms with Gasteiger partial charge in [-0.25, -0.2) is 0 Å².